The van der Waals surface area contributed by atoms with Crippen molar-refractivity contribution in [2.45, 2.75) is 44.2 Å². The van der Waals surface area contributed by atoms with Crippen LogP contribution in [0.4, 0.5) is 4.79 Å². The van der Waals surface area contributed by atoms with E-state index >= 15 is 0 Å². The summed E-state index contributed by atoms with van der Waals surface area (Å²) in [6, 6.07) is 6.73. The number of amides is 2. The number of ether oxygens (including phenoxy) is 1. The van der Waals surface area contributed by atoms with Gasteiger partial charge in [0.2, 0.25) is 0 Å². The molecule has 1 fully saturated rings. The number of carbonyl (C=O) groups is 1. The second-order valence-electron chi connectivity index (χ2n) is 7.78. The van der Waals surface area contributed by atoms with Crippen LogP contribution in [0.15, 0.2) is 24.3 Å². The third-order valence-electron chi connectivity index (χ3n) is 5.95. The van der Waals surface area contributed by atoms with Gasteiger partial charge in [-0.1, -0.05) is 30.4 Å². The summed E-state index contributed by atoms with van der Waals surface area (Å²) in [5.41, 5.74) is 3.88. The first kappa shape index (κ1) is 19.9. The van der Waals surface area contributed by atoms with Crippen LogP contribution in [-0.4, -0.2) is 62.8 Å². The maximum Gasteiger partial charge on any atom is 0.317 e. The van der Waals surface area contributed by atoms with Gasteiger partial charge in [-0.05, 0) is 68.9 Å². The number of methoxy groups -OCH3 is 1. The van der Waals surface area contributed by atoms with Crippen molar-refractivity contribution < 1.29 is 9.53 Å². The van der Waals surface area contributed by atoms with Crippen molar-refractivity contribution in [2.75, 3.05) is 40.9 Å². The number of nitrogens with one attached hydrogen (secondary N) is 1. The fraction of sp³-hybridized carbons (Fsp3) is 0.591. The van der Waals surface area contributed by atoms with E-state index < -0.39 is 0 Å². The molecule has 1 unspecified atom stereocenters. The second kappa shape index (κ2) is 9.38. The fourth-order valence-corrected chi connectivity index (χ4v) is 4.17. The summed E-state index contributed by atoms with van der Waals surface area (Å²) in [5, 5.41) is 3.30. The van der Waals surface area contributed by atoms with E-state index in [-0.39, 0.29) is 12.1 Å². The van der Waals surface area contributed by atoms with Crippen molar-refractivity contribution in [2.24, 2.45) is 0 Å². The van der Waals surface area contributed by atoms with E-state index in [2.05, 4.69) is 47.6 Å². The van der Waals surface area contributed by atoms with Crippen molar-refractivity contribution >= 4 is 12.1 Å². The second-order valence-corrected chi connectivity index (χ2v) is 7.78. The Hall–Kier alpha value is -1.85. The summed E-state index contributed by atoms with van der Waals surface area (Å²) in [5.74, 6) is 0. The molecule has 1 aromatic rings. The molecule has 5 nitrogen and oxygen atoms in total. The van der Waals surface area contributed by atoms with E-state index in [4.69, 9.17) is 4.74 Å². The molecule has 2 aliphatic rings. The smallest absolute Gasteiger partial charge is 0.317 e. The maximum atomic E-state index is 13.0. The molecule has 1 heterocycles. The standard InChI is InChI=1S/C22H33N3O2/c1-24-14-11-18(12-15-24)25(2)22(26)23-21(13-16-27-3)20-10-6-8-17-7-4-5-9-19(17)20/h4,6-8,10,18,21H,5,9,11-16H2,1-3H3,(H,23,26). The van der Waals surface area contributed by atoms with E-state index in [1.807, 2.05) is 11.9 Å². The minimum atomic E-state index is -0.0207. The Morgan fingerprint density at radius 3 is 2.89 bits per heavy atom. The summed E-state index contributed by atoms with van der Waals surface area (Å²) in [6.45, 7) is 2.73. The zero-order valence-electron chi connectivity index (χ0n) is 16.9. The molecule has 1 aromatic carbocycles. The van der Waals surface area contributed by atoms with Gasteiger partial charge in [-0.25, -0.2) is 4.79 Å². The van der Waals surface area contributed by atoms with Crippen LogP contribution in [0.25, 0.3) is 6.08 Å². The molecule has 5 heteroatoms. The monoisotopic (exact) mass is 371 g/mol. The number of rotatable bonds is 6. The topological polar surface area (TPSA) is 44.8 Å². The number of urea groups is 1. The average molecular weight is 372 g/mol. The number of allylic oxidation sites excluding steroid dienone is 1. The predicted molar refractivity (Wildman–Crippen MR) is 110 cm³/mol. The normalized spacial score (nSPS) is 18.8. The number of hydrogen-bond acceptors (Lipinski definition) is 3. The molecule has 0 radical (unpaired) electrons. The van der Waals surface area contributed by atoms with Crippen molar-refractivity contribution in [3.63, 3.8) is 0 Å². The molecule has 1 aliphatic heterocycles. The molecule has 0 bridgehead atoms. The molecule has 0 saturated carbocycles. The van der Waals surface area contributed by atoms with Gasteiger partial charge in [-0.15, -0.1) is 0 Å². The Kier molecular flexibility index (Phi) is 6.91. The lowest BCUT2D eigenvalue weighted by atomic mass is 9.88. The molecular weight excluding hydrogens is 338 g/mol. The molecule has 1 saturated heterocycles. The molecule has 1 aliphatic carbocycles. The van der Waals surface area contributed by atoms with Crippen LogP contribution in [-0.2, 0) is 11.2 Å². The third-order valence-corrected chi connectivity index (χ3v) is 5.95. The highest BCUT2D eigenvalue weighted by molar-refractivity contribution is 5.75. The highest BCUT2D eigenvalue weighted by Crippen LogP contribution is 2.29. The lowest BCUT2D eigenvalue weighted by Gasteiger charge is -2.36. The van der Waals surface area contributed by atoms with E-state index in [1.54, 1.807) is 7.11 Å². The predicted octanol–water partition coefficient (Wildman–Crippen LogP) is 3.46. The highest BCUT2D eigenvalue weighted by atomic mass is 16.5. The minimum Gasteiger partial charge on any atom is -0.385 e. The van der Waals surface area contributed by atoms with Crippen molar-refractivity contribution in [1.82, 2.24) is 15.1 Å². The lowest BCUT2D eigenvalue weighted by Crippen LogP contribution is -2.49. The summed E-state index contributed by atoms with van der Waals surface area (Å²) in [6.07, 6.45) is 9.37. The summed E-state index contributed by atoms with van der Waals surface area (Å²) >= 11 is 0. The van der Waals surface area contributed by atoms with E-state index in [0.29, 0.717) is 12.6 Å². The molecule has 148 valence electrons. The van der Waals surface area contributed by atoms with Crippen LogP contribution in [0.1, 0.15) is 48.4 Å². The average Bonchev–Trinajstić information content (AvgIpc) is 2.70. The van der Waals surface area contributed by atoms with E-state index in [9.17, 15) is 4.79 Å². The number of carbonyl (C=O) groups excluding carboxylic acids is 1. The van der Waals surface area contributed by atoms with Crippen LogP contribution in [0.3, 0.4) is 0 Å². The molecule has 1 N–H and O–H groups in total. The van der Waals surface area contributed by atoms with E-state index in [0.717, 1.165) is 45.2 Å². The quantitative estimate of drug-likeness (QED) is 0.833. The lowest BCUT2D eigenvalue weighted by molar-refractivity contribution is 0.141. The zero-order chi connectivity index (χ0) is 19.2. The molecule has 0 spiro atoms. The highest BCUT2D eigenvalue weighted by Gasteiger charge is 2.26. The third kappa shape index (κ3) is 4.90. The first-order valence-electron chi connectivity index (χ1n) is 10.1. The fourth-order valence-electron chi connectivity index (χ4n) is 4.17. The number of hydrogen-bond donors (Lipinski definition) is 1. The van der Waals surface area contributed by atoms with Gasteiger partial charge in [0.1, 0.15) is 0 Å². The van der Waals surface area contributed by atoms with Gasteiger partial charge < -0.3 is 19.9 Å². The number of fused-ring (bicyclic) bond motifs is 1. The first-order chi connectivity index (χ1) is 13.1. The molecule has 27 heavy (non-hydrogen) atoms. The van der Waals surface area contributed by atoms with Crippen LogP contribution in [0.2, 0.25) is 0 Å². The van der Waals surface area contributed by atoms with Gasteiger partial charge in [0.25, 0.3) is 0 Å². The largest absolute Gasteiger partial charge is 0.385 e. The van der Waals surface area contributed by atoms with Gasteiger partial charge in [0, 0.05) is 26.8 Å². The van der Waals surface area contributed by atoms with Gasteiger partial charge in [0.15, 0.2) is 0 Å². The van der Waals surface area contributed by atoms with E-state index in [1.165, 1.54) is 16.7 Å². The first-order valence-corrected chi connectivity index (χ1v) is 10.1. The summed E-state index contributed by atoms with van der Waals surface area (Å²) < 4.78 is 5.32. The molecule has 1 atom stereocenters. The van der Waals surface area contributed by atoms with Gasteiger partial charge in [-0.3, -0.25) is 0 Å². The molecule has 3 rings (SSSR count). The maximum absolute atomic E-state index is 13.0. The Bertz CT molecular complexity index is 666. The summed E-state index contributed by atoms with van der Waals surface area (Å²) in [7, 11) is 5.79. The minimum absolute atomic E-state index is 0.0207. The van der Waals surface area contributed by atoms with Gasteiger partial charge >= 0.3 is 6.03 Å². The number of benzene rings is 1. The SMILES string of the molecule is COCCC(NC(=O)N(C)C1CCN(C)CC1)c1cccc2c1CCC=C2. The van der Waals surface area contributed by atoms with Crippen LogP contribution in [0.5, 0.6) is 0 Å². The molecule has 0 aromatic heterocycles. The summed E-state index contributed by atoms with van der Waals surface area (Å²) in [4.78, 5) is 17.2. The number of likely N-dealkylation sites (tertiary alicyclic amines) is 1. The van der Waals surface area contributed by atoms with Crippen molar-refractivity contribution in [1.29, 1.82) is 0 Å². The Labute approximate surface area is 163 Å². The van der Waals surface area contributed by atoms with Crippen LogP contribution in [0, 0.1) is 0 Å². The van der Waals surface area contributed by atoms with Crippen molar-refractivity contribution in [3.8, 4) is 0 Å². The van der Waals surface area contributed by atoms with Gasteiger partial charge in [-0.2, -0.15) is 0 Å². The van der Waals surface area contributed by atoms with Gasteiger partial charge in [0.05, 0.1) is 6.04 Å². The Morgan fingerprint density at radius 2 is 2.15 bits per heavy atom. The van der Waals surface area contributed by atoms with Crippen LogP contribution >= 0.6 is 0 Å². The molecular formula is C22H33N3O2. The number of piperidine rings is 1. The zero-order valence-corrected chi connectivity index (χ0v) is 16.9. The molecule has 2 amide bonds. The Morgan fingerprint density at radius 1 is 1.37 bits per heavy atom. The van der Waals surface area contributed by atoms with Crippen molar-refractivity contribution in [3.05, 3.63) is 41.0 Å². The Balaban J connectivity index is 1.73. The van der Waals surface area contributed by atoms with Crippen LogP contribution < -0.4 is 5.32 Å². The number of nitrogens with zero attached hydrogens (tertiary/aromatic N) is 2.